The van der Waals surface area contributed by atoms with Crippen molar-refractivity contribution in [3.63, 3.8) is 0 Å². The molecule has 2 N–H and O–H groups in total. The molecule has 10 nitrogen and oxygen atoms in total. The second kappa shape index (κ2) is 37.0. The van der Waals surface area contributed by atoms with Crippen LogP contribution in [-0.2, 0) is 30.3 Å². The van der Waals surface area contributed by atoms with Gasteiger partial charge in [-0.15, -0.1) is 6.42 Å². The summed E-state index contributed by atoms with van der Waals surface area (Å²) in [4.78, 5) is 38.0. The third kappa shape index (κ3) is 25.7. The van der Waals surface area contributed by atoms with Gasteiger partial charge in [0.25, 0.3) is 0 Å². The number of aromatic nitrogens is 4. The van der Waals surface area contributed by atoms with Crippen molar-refractivity contribution in [2.75, 3.05) is 19.5 Å². The lowest BCUT2D eigenvalue weighted by Crippen LogP contribution is -2.51. The number of hydrogen-bond donors (Lipinski definition) is 1. The molecule has 360 valence electrons. The number of nitrogens with two attached hydrogens (primary N) is 1. The molecule has 0 bridgehead atoms. The number of halogens is 1. The average molecular weight is 884 g/mol. The Morgan fingerprint density at radius 3 is 1.41 bits per heavy atom. The number of fused-ring (bicyclic) bond motifs is 1. The normalized spacial score (nSPS) is 12.9. The van der Waals surface area contributed by atoms with Gasteiger partial charge in [0.1, 0.15) is 12.1 Å². The third-order valence-electron chi connectivity index (χ3n) is 12.6. The lowest BCUT2D eigenvalue weighted by Gasteiger charge is -2.34. The van der Waals surface area contributed by atoms with Gasteiger partial charge < -0.3 is 24.5 Å². The molecule has 2 heterocycles. The Morgan fingerprint density at radius 2 is 1.03 bits per heavy atom. The number of nitrogen functional groups attached to an aromatic ring is 1. The maximum atomic E-state index is 14.2. The van der Waals surface area contributed by atoms with Crippen LogP contribution in [0.3, 0.4) is 0 Å². The number of hydrogen-bond acceptors (Lipinski definition) is 9. The summed E-state index contributed by atoms with van der Waals surface area (Å²) in [6.45, 7) is 4.12. The van der Waals surface area contributed by atoms with Crippen LogP contribution in [0.2, 0.25) is 0 Å². The zero-order valence-electron chi connectivity index (χ0n) is 40.4. The quantitative estimate of drug-likeness (QED) is 0.0299. The molecule has 0 spiro atoms. The van der Waals surface area contributed by atoms with E-state index in [2.05, 4.69) is 34.7 Å². The van der Waals surface area contributed by atoms with Crippen LogP contribution in [0.25, 0.3) is 11.2 Å². The maximum absolute atomic E-state index is 14.2. The molecule has 0 radical (unpaired) electrons. The van der Waals surface area contributed by atoms with Crippen LogP contribution in [0.1, 0.15) is 245 Å². The van der Waals surface area contributed by atoms with E-state index in [1.54, 1.807) is 0 Å². The summed E-state index contributed by atoms with van der Waals surface area (Å²) < 4.78 is 33.3. The van der Waals surface area contributed by atoms with Crippen molar-refractivity contribution in [1.82, 2.24) is 19.5 Å². The molecule has 2 aromatic rings. The van der Waals surface area contributed by atoms with Crippen molar-refractivity contribution < 1.29 is 28.2 Å². The molecule has 11 heteroatoms. The van der Waals surface area contributed by atoms with Crippen LogP contribution in [0.4, 0.5) is 10.2 Å². The van der Waals surface area contributed by atoms with E-state index in [9.17, 15) is 14.0 Å². The molecule has 0 saturated carbocycles. The zero-order chi connectivity index (χ0) is 45.6. The number of methoxy groups -OCH3 is 1. The Bertz CT molecular complexity index is 1500. The van der Waals surface area contributed by atoms with E-state index in [1.165, 1.54) is 191 Å². The number of terminal acetylenes is 1. The number of carbonyl (C=O) groups excluding carboxylic acids is 2. The van der Waals surface area contributed by atoms with Crippen LogP contribution >= 0.6 is 0 Å². The fourth-order valence-electron chi connectivity index (χ4n) is 8.47. The summed E-state index contributed by atoms with van der Waals surface area (Å²) in [6, 6.07) is 0. The predicted octanol–water partition coefficient (Wildman–Crippen LogP) is 14.1. The Balaban J connectivity index is 1.74. The second-order valence-electron chi connectivity index (χ2n) is 18.1. The van der Waals surface area contributed by atoms with Gasteiger partial charge in [0.05, 0.1) is 12.9 Å². The van der Waals surface area contributed by atoms with Gasteiger partial charge in [-0.25, -0.2) is 4.98 Å². The van der Waals surface area contributed by atoms with Crippen molar-refractivity contribution in [2.24, 2.45) is 0 Å². The van der Waals surface area contributed by atoms with Crippen molar-refractivity contribution >= 4 is 28.9 Å². The predicted molar refractivity (Wildman–Crippen MR) is 257 cm³/mol. The molecule has 0 fully saturated rings. The second-order valence-corrected chi connectivity index (χ2v) is 18.1. The summed E-state index contributed by atoms with van der Waals surface area (Å²) in [5.74, 6) is 1.67. The molecular weight excluding hydrogens is 794 g/mol. The highest BCUT2D eigenvalue weighted by molar-refractivity contribution is 5.81. The van der Waals surface area contributed by atoms with E-state index in [0.29, 0.717) is 6.42 Å². The molecule has 0 saturated heterocycles. The molecule has 63 heavy (non-hydrogen) atoms. The van der Waals surface area contributed by atoms with Crippen LogP contribution in [-0.4, -0.2) is 56.9 Å². The number of carbonyl (C=O) groups is 2. The van der Waals surface area contributed by atoms with E-state index in [4.69, 9.17) is 26.4 Å². The van der Waals surface area contributed by atoms with Crippen LogP contribution in [0, 0.1) is 18.4 Å². The molecule has 2 aromatic heterocycles. The monoisotopic (exact) mass is 884 g/mol. The minimum absolute atomic E-state index is 0.0913. The van der Waals surface area contributed by atoms with Crippen LogP contribution in [0.5, 0.6) is 0 Å². The number of nitrogens with zero attached hydrogens (tertiary/aromatic N) is 4. The summed E-state index contributed by atoms with van der Waals surface area (Å²) in [5, 5.41) is 0. The first-order valence-corrected chi connectivity index (χ1v) is 25.8. The maximum Gasteiger partial charge on any atom is 0.312 e. The van der Waals surface area contributed by atoms with E-state index in [0.717, 1.165) is 38.5 Å². The molecular formula is C52H90FN5O5. The highest BCUT2D eigenvalue weighted by atomic mass is 19.1. The molecule has 1 unspecified atom stereocenters. The number of esters is 2. The largest absolute Gasteiger partial charge is 0.461 e. The van der Waals surface area contributed by atoms with Gasteiger partial charge in [-0.3, -0.25) is 9.59 Å². The minimum atomic E-state index is -1.62. The highest BCUT2D eigenvalue weighted by Gasteiger charge is 2.43. The topological polar surface area (TPSA) is 131 Å². The van der Waals surface area contributed by atoms with Crippen LogP contribution in [0.15, 0.2) is 6.33 Å². The molecule has 0 aromatic carbocycles. The van der Waals surface area contributed by atoms with E-state index >= 15 is 0 Å². The van der Waals surface area contributed by atoms with E-state index < -0.39 is 29.7 Å². The standard InChI is InChI=1S/C52H90FN5O5/c1-5-8-10-12-14-16-18-20-22-24-26-28-30-32-34-36-38-40-46(59)62-43-52(7-3,61-4)45(42-58-44-55-48-49(54)56-51(53)57-50(48)58)63-47(60)41-39-37-35-33-31-29-27-25-23-21-19-17-15-13-11-9-6-2/h3,44-45H,5-6,8-43H2,1-2,4H3,(H2,54,56,57)/t45-,52?/m0/s1. The first-order chi connectivity index (χ1) is 30.8. The summed E-state index contributed by atoms with van der Waals surface area (Å²) in [7, 11) is 1.40. The third-order valence-corrected chi connectivity index (χ3v) is 12.6. The molecule has 0 amide bonds. The minimum Gasteiger partial charge on any atom is -0.461 e. The van der Waals surface area contributed by atoms with Crippen molar-refractivity contribution in [3.05, 3.63) is 12.4 Å². The smallest absolute Gasteiger partial charge is 0.312 e. The van der Waals surface area contributed by atoms with Gasteiger partial charge in [0.15, 0.2) is 17.6 Å². The Hall–Kier alpha value is -3.26. The van der Waals surface area contributed by atoms with Gasteiger partial charge in [-0.1, -0.05) is 225 Å². The van der Waals surface area contributed by atoms with Crippen LogP contribution < -0.4 is 5.73 Å². The lowest BCUT2D eigenvalue weighted by molar-refractivity contribution is -0.174. The first-order valence-electron chi connectivity index (χ1n) is 25.8. The number of unbranched alkanes of at least 4 members (excludes halogenated alkanes) is 32. The van der Waals surface area contributed by atoms with Crippen molar-refractivity contribution in [2.45, 2.75) is 263 Å². The van der Waals surface area contributed by atoms with Gasteiger partial charge in [0, 0.05) is 20.0 Å². The van der Waals surface area contributed by atoms with Gasteiger partial charge in [-0.2, -0.15) is 14.4 Å². The fraction of sp³-hybridized carbons (Fsp3) is 0.827. The van der Waals surface area contributed by atoms with Gasteiger partial charge >= 0.3 is 18.0 Å². The van der Waals surface area contributed by atoms with E-state index in [-0.39, 0.29) is 43.0 Å². The molecule has 0 aliphatic rings. The number of imidazole rings is 1. The molecule has 0 aliphatic heterocycles. The van der Waals surface area contributed by atoms with Crippen molar-refractivity contribution in [3.8, 4) is 12.3 Å². The summed E-state index contributed by atoms with van der Waals surface area (Å²) >= 11 is 0. The number of rotatable bonds is 43. The lowest BCUT2D eigenvalue weighted by atomic mass is 9.97. The first kappa shape index (κ1) is 55.9. The zero-order valence-corrected chi connectivity index (χ0v) is 40.4. The summed E-state index contributed by atoms with van der Waals surface area (Å²) in [6.07, 6.45) is 48.6. The van der Waals surface area contributed by atoms with E-state index in [1.807, 2.05) is 0 Å². The molecule has 0 aliphatic carbocycles. The Labute approximate surface area is 383 Å². The highest BCUT2D eigenvalue weighted by Crippen LogP contribution is 2.25. The molecule has 2 atom stereocenters. The Kier molecular flexibility index (Phi) is 32.8. The number of ether oxygens (including phenoxy) is 3. The number of anilines is 1. The fourth-order valence-corrected chi connectivity index (χ4v) is 8.47. The average Bonchev–Trinajstić information content (AvgIpc) is 3.68. The van der Waals surface area contributed by atoms with Gasteiger partial charge in [0.2, 0.25) is 5.60 Å². The SMILES string of the molecule is C#CC(COC(=O)CCCCCCCCCCCCCCCCCCC)(OC)[C@H](Cn1cnc2c(N)nc(F)nc21)OC(=O)CCCCCCCCCCCCCCCCCCC. The van der Waals surface area contributed by atoms with Gasteiger partial charge in [-0.05, 0) is 12.8 Å². The summed E-state index contributed by atoms with van der Waals surface area (Å²) in [5.41, 5.74) is 4.61. The molecule has 2 rings (SSSR count). The Morgan fingerprint density at radius 1 is 0.651 bits per heavy atom. The van der Waals surface area contributed by atoms with Crippen molar-refractivity contribution in [1.29, 1.82) is 0 Å².